The quantitative estimate of drug-likeness (QED) is 0.0887. The second-order valence-corrected chi connectivity index (χ2v) is 10.00. The fraction of sp³-hybridized carbons (Fsp3) is 0.412. The predicted molar refractivity (Wildman–Crippen MR) is 125 cm³/mol. The zero-order valence-corrected chi connectivity index (χ0v) is 20.5. The highest BCUT2D eigenvalue weighted by molar-refractivity contribution is 8.01. The van der Waals surface area contributed by atoms with Crippen LogP contribution in [0.25, 0.3) is 0 Å². The summed E-state index contributed by atoms with van der Waals surface area (Å²) in [6.07, 6.45) is 0. The SMILES string of the molecule is Cn1nnnc1SCC1=C(C(=O)O)N2C(=O)C(NC(=O)C(=NOCCO)c3csc(N)n3)[C@H]2SC1. The van der Waals surface area contributed by atoms with Gasteiger partial charge in [0.15, 0.2) is 10.8 Å². The van der Waals surface area contributed by atoms with Crippen molar-refractivity contribution in [1.82, 2.24) is 35.4 Å². The zero-order valence-electron chi connectivity index (χ0n) is 18.0. The van der Waals surface area contributed by atoms with Crippen LogP contribution < -0.4 is 11.1 Å². The lowest BCUT2D eigenvalue weighted by molar-refractivity contribution is -0.150. The molecule has 35 heavy (non-hydrogen) atoms. The lowest BCUT2D eigenvalue weighted by Crippen LogP contribution is -2.71. The molecular weight excluding hydrogens is 522 g/mol. The van der Waals surface area contributed by atoms with Crippen molar-refractivity contribution in [2.45, 2.75) is 16.6 Å². The van der Waals surface area contributed by atoms with E-state index in [0.29, 0.717) is 16.5 Å². The molecule has 2 atom stereocenters. The molecule has 186 valence electrons. The Morgan fingerprint density at radius 1 is 1.46 bits per heavy atom. The van der Waals surface area contributed by atoms with E-state index in [1.165, 1.54) is 38.5 Å². The number of aromatic nitrogens is 5. The summed E-state index contributed by atoms with van der Waals surface area (Å²) < 4.78 is 1.46. The van der Waals surface area contributed by atoms with E-state index in [2.05, 4.69) is 31.0 Å². The summed E-state index contributed by atoms with van der Waals surface area (Å²) in [4.78, 5) is 48.0. The number of hydrogen-bond acceptors (Lipinski definition) is 14. The Labute approximate surface area is 209 Å². The van der Waals surface area contributed by atoms with E-state index < -0.39 is 29.2 Å². The number of fused-ring (bicyclic) bond motifs is 1. The van der Waals surface area contributed by atoms with Crippen LogP contribution >= 0.6 is 34.9 Å². The van der Waals surface area contributed by atoms with Gasteiger partial charge in [-0.3, -0.25) is 14.5 Å². The highest BCUT2D eigenvalue weighted by atomic mass is 32.2. The number of nitrogen functional groups attached to an aromatic ring is 1. The van der Waals surface area contributed by atoms with Crippen molar-refractivity contribution in [3.8, 4) is 0 Å². The molecule has 0 aliphatic carbocycles. The first-order valence-corrected chi connectivity index (χ1v) is 12.8. The number of nitrogens with one attached hydrogen (secondary N) is 1. The Balaban J connectivity index is 1.49. The van der Waals surface area contributed by atoms with Crippen LogP contribution in [0.4, 0.5) is 5.13 Å². The summed E-state index contributed by atoms with van der Waals surface area (Å²) in [7, 11) is 1.67. The molecular formula is C17H19N9O6S3. The van der Waals surface area contributed by atoms with Gasteiger partial charge in [-0.2, -0.15) is 0 Å². The molecule has 5 N–H and O–H groups in total. The summed E-state index contributed by atoms with van der Waals surface area (Å²) >= 11 is 3.67. The number of rotatable bonds is 10. The number of β-lactam (4-membered cyclic amide) rings is 1. The van der Waals surface area contributed by atoms with E-state index in [0.717, 1.165) is 11.3 Å². The fourth-order valence-electron chi connectivity index (χ4n) is 3.25. The highest BCUT2D eigenvalue weighted by Gasteiger charge is 2.54. The first kappa shape index (κ1) is 24.9. The number of carboxylic acid groups (broad SMARTS) is 1. The minimum atomic E-state index is -1.24. The number of aliphatic hydroxyl groups is 1. The van der Waals surface area contributed by atoms with Crippen molar-refractivity contribution in [3.05, 3.63) is 22.3 Å². The molecule has 2 aliphatic rings. The van der Waals surface area contributed by atoms with Gasteiger partial charge < -0.3 is 26.1 Å². The number of carboxylic acids is 1. The smallest absolute Gasteiger partial charge is 0.352 e. The Morgan fingerprint density at radius 2 is 2.26 bits per heavy atom. The molecule has 4 rings (SSSR count). The van der Waals surface area contributed by atoms with Crippen molar-refractivity contribution >= 4 is 63.5 Å². The molecule has 0 radical (unpaired) electrons. The Morgan fingerprint density at radius 3 is 2.89 bits per heavy atom. The van der Waals surface area contributed by atoms with E-state index >= 15 is 0 Å². The molecule has 15 nitrogen and oxygen atoms in total. The number of aliphatic carboxylic acids is 1. The summed E-state index contributed by atoms with van der Waals surface area (Å²) in [6, 6.07) is -0.974. The normalized spacial score (nSPS) is 19.9. The number of nitrogens with zero attached hydrogens (tertiary/aromatic N) is 7. The molecule has 2 amide bonds. The topological polar surface area (TPSA) is 211 Å². The summed E-state index contributed by atoms with van der Waals surface area (Å²) in [5, 5.41) is 37.8. The molecule has 4 heterocycles. The number of thioether (sulfide) groups is 2. The monoisotopic (exact) mass is 541 g/mol. The van der Waals surface area contributed by atoms with Crippen molar-refractivity contribution in [2.24, 2.45) is 12.2 Å². The van der Waals surface area contributed by atoms with Gasteiger partial charge in [-0.15, -0.1) is 28.2 Å². The summed E-state index contributed by atoms with van der Waals surface area (Å²) in [5.41, 5.74) is 6.00. The average molecular weight is 542 g/mol. The lowest BCUT2D eigenvalue weighted by Gasteiger charge is -2.49. The second-order valence-electron chi connectivity index (χ2n) is 7.06. The zero-order chi connectivity index (χ0) is 25.1. The van der Waals surface area contributed by atoms with Crippen LogP contribution in [-0.4, -0.2) is 99.9 Å². The Kier molecular flexibility index (Phi) is 7.53. The number of thiazole rings is 1. The summed E-state index contributed by atoms with van der Waals surface area (Å²) in [6.45, 7) is -0.465. The number of tetrazole rings is 1. The third-order valence-electron chi connectivity index (χ3n) is 4.81. The number of hydrogen-bond donors (Lipinski definition) is 4. The van der Waals surface area contributed by atoms with Crippen molar-refractivity contribution in [3.63, 3.8) is 0 Å². The van der Waals surface area contributed by atoms with Crippen molar-refractivity contribution in [1.29, 1.82) is 0 Å². The molecule has 1 fully saturated rings. The third kappa shape index (κ3) is 5.09. The largest absolute Gasteiger partial charge is 0.477 e. The molecule has 2 aromatic heterocycles. The molecule has 1 unspecified atom stereocenters. The molecule has 2 aromatic rings. The number of oxime groups is 1. The van der Waals surface area contributed by atoms with Crippen molar-refractivity contribution in [2.75, 3.05) is 30.5 Å². The second kappa shape index (κ2) is 10.6. The highest BCUT2D eigenvalue weighted by Crippen LogP contribution is 2.41. The summed E-state index contributed by atoms with van der Waals surface area (Å²) in [5.74, 6) is -1.93. The number of aliphatic hydroxyl groups excluding tert-OH is 1. The van der Waals surface area contributed by atoms with Crippen molar-refractivity contribution < 1.29 is 29.4 Å². The predicted octanol–water partition coefficient (Wildman–Crippen LogP) is -1.51. The number of aryl methyl sites for hydroxylation is 1. The van der Waals surface area contributed by atoms with Gasteiger partial charge in [0, 0.05) is 23.9 Å². The third-order valence-corrected chi connectivity index (χ3v) is 7.92. The Hall–Kier alpha value is -3.22. The van der Waals surface area contributed by atoms with Gasteiger partial charge in [-0.1, -0.05) is 16.9 Å². The Bertz CT molecular complexity index is 1210. The van der Waals surface area contributed by atoms with Gasteiger partial charge >= 0.3 is 5.97 Å². The molecule has 0 spiro atoms. The van der Waals surface area contributed by atoms with E-state index in [-0.39, 0.29) is 41.2 Å². The van der Waals surface area contributed by atoms with Crippen LogP contribution in [0.3, 0.4) is 0 Å². The number of carbonyl (C=O) groups is 3. The fourth-order valence-corrected chi connectivity index (χ4v) is 6.13. The number of nitrogens with two attached hydrogens (primary N) is 1. The van der Waals surface area contributed by atoms with E-state index in [9.17, 15) is 19.5 Å². The van der Waals surface area contributed by atoms with Crippen LogP contribution in [0, 0.1) is 0 Å². The van der Waals surface area contributed by atoms with Crippen LogP contribution in [0.1, 0.15) is 5.69 Å². The number of anilines is 1. The van der Waals surface area contributed by atoms with Crippen LogP contribution in [-0.2, 0) is 26.3 Å². The van der Waals surface area contributed by atoms with Crippen LogP contribution in [0.5, 0.6) is 0 Å². The molecule has 0 saturated carbocycles. The number of carbonyl (C=O) groups excluding carboxylic acids is 2. The van der Waals surface area contributed by atoms with Gasteiger partial charge in [0.05, 0.1) is 6.61 Å². The molecule has 0 bridgehead atoms. The first-order chi connectivity index (χ1) is 16.8. The lowest BCUT2D eigenvalue weighted by atomic mass is 10.0. The minimum Gasteiger partial charge on any atom is -0.477 e. The maximum Gasteiger partial charge on any atom is 0.352 e. The van der Waals surface area contributed by atoms with E-state index in [4.69, 9.17) is 15.7 Å². The molecule has 1 saturated heterocycles. The minimum absolute atomic E-state index is 0.112. The van der Waals surface area contributed by atoms with Crippen LogP contribution in [0.15, 0.2) is 27.0 Å². The van der Waals surface area contributed by atoms with E-state index in [1.807, 2.05) is 0 Å². The molecule has 0 aromatic carbocycles. The standard InChI is InChI=1S/C17H19N9O6S3/c1-25-17(21-23-24-25)35-5-7-4-33-14-10(13(29)26(14)11(7)15(30)31)20-12(28)9(22-32-3-2-27)8-6-34-16(18)19-8/h6,10,14,27H,2-5H2,1H3,(H2,18,19)(H,20,28)(H,30,31)/t10?,14-/m1/s1. The van der Waals surface area contributed by atoms with Gasteiger partial charge in [0.25, 0.3) is 11.8 Å². The van der Waals surface area contributed by atoms with Gasteiger partial charge in [-0.05, 0) is 16.0 Å². The number of amides is 2. The van der Waals surface area contributed by atoms with E-state index in [1.54, 1.807) is 7.05 Å². The van der Waals surface area contributed by atoms with Gasteiger partial charge in [0.1, 0.15) is 29.4 Å². The molecule has 2 aliphatic heterocycles. The maximum atomic E-state index is 12.9. The molecule has 18 heteroatoms. The van der Waals surface area contributed by atoms with Gasteiger partial charge in [0.2, 0.25) is 5.16 Å². The first-order valence-electron chi connectivity index (χ1n) is 9.90. The average Bonchev–Trinajstić information content (AvgIpc) is 3.45. The maximum absolute atomic E-state index is 12.9. The van der Waals surface area contributed by atoms with Gasteiger partial charge in [-0.25, -0.2) is 14.5 Å². The van der Waals surface area contributed by atoms with Crippen LogP contribution in [0.2, 0.25) is 0 Å².